The first kappa shape index (κ1) is 28.5. The van der Waals surface area contributed by atoms with Gasteiger partial charge in [-0.1, -0.05) is 15.9 Å². The van der Waals surface area contributed by atoms with Gasteiger partial charge in [-0.3, -0.25) is 14.4 Å². The van der Waals surface area contributed by atoms with Gasteiger partial charge in [-0.2, -0.15) is 0 Å². The summed E-state index contributed by atoms with van der Waals surface area (Å²) < 4.78 is 38.9. The fourth-order valence-electron chi connectivity index (χ4n) is 5.88. The van der Waals surface area contributed by atoms with Crippen molar-refractivity contribution in [1.82, 2.24) is 10.6 Å². The van der Waals surface area contributed by atoms with Gasteiger partial charge in [0, 0.05) is 12.8 Å². The quantitative estimate of drug-likeness (QED) is 0.406. The average Bonchev–Trinajstić information content (AvgIpc) is 2.85. The van der Waals surface area contributed by atoms with Gasteiger partial charge in [-0.05, 0) is 51.4 Å². The van der Waals surface area contributed by atoms with Crippen molar-refractivity contribution in [3.8, 4) is 0 Å². The number of amides is 2. The first-order valence-corrected chi connectivity index (χ1v) is 14.4. The number of hydrogen-bond acceptors (Lipinski definition) is 5. The average molecular weight is 618 g/mol. The van der Waals surface area contributed by atoms with Crippen molar-refractivity contribution in [3.05, 3.63) is 0 Å². The molecule has 0 heterocycles. The number of rotatable bonds is 8. The predicted molar refractivity (Wildman–Crippen MR) is 134 cm³/mol. The molecule has 5 aliphatic carbocycles. The zero-order chi connectivity index (χ0) is 26.1. The van der Waals surface area contributed by atoms with Crippen LogP contribution in [0.5, 0.6) is 0 Å². The molecule has 0 aliphatic heterocycles. The Bertz CT molecular complexity index is 847. The molecule has 12 heteroatoms. The van der Waals surface area contributed by atoms with Crippen molar-refractivity contribution >= 4 is 56.7 Å². The summed E-state index contributed by atoms with van der Waals surface area (Å²) in [6.45, 7) is -0.471. The van der Waals surface area contributed by atoms with E-state index in [0.717, 1.165) is 0 Å². The largest absolute Gasteiger partial charge is 0.368 e. The van der Waals surface area contributed by atoms with Crippen LogP contribution in [-0.2, 0) is 23.9 Å². The Kier molecular flexibility index (Phi) is 9.23. The molecule has 5 aliphatic rings. The number of nitrogens with one attached hydrogen (secondary N) is 2. The highest BCUT2D eigenvalue weighted by molar-refractivity contribution is 9.10. The maximum atomic E-state index is 13.8. The van der Waals surface area contributed by atoms with Crippen molar-refractivity contribution in [2.75, 3.05) is 13.2 Å². The van der Waals surface area contributed by atoms with Crippen LogP contribution >= 0.6 is 39.1 Å². The van der Waals surface area contributed by atoms with E-state index in [1.807, 2.05) is 0 Å². The summed E-state index contributed by atoms with van der Waals surface area (Å²) in [5, 5.41) is 4.80. The summed E-state index contributed by atoms with van der Waals surface area (Å²) in [5.74, 6) is -0.974. The van der Waals surface area contributed by atoms with Crippen molar-refractivity contribution in [1.29, 1.82) is 0 Å². The SMILES string of the molecule is O=C(COC1CCC(Cl)C(F)C1)NC12CCC(NC(=O)COC3CCC(Cl)C(F)C3)(CC1)C(Br)C2=O. The highest BCUT2D eigenvalue weighted by Gasteiger charge is 2.60. The molecule has 7 unspecified atom stereocenters. The fraction of sp³-hybridized carbons (Fsp3) is 0.875. The van der Waals surface area contributed by atoms with Gasteiger partial charge < -0.3 is 20.1 Å². The summed E-state index contributed by atoms with van der Waals surface area (Å²) in [6, 6.07) is 0. The van der Waals surface area contributed by atoms with Crippen LogP contribution in [0.3, 0.4) is 0 Å². The molecule has 2 bridgehead atoms. The van der Waals surface area contributed by atoms with Gasteiger partial charge >= 0.3 is 0 Å². The maximum Gasteiger partial charge on any atom is 0.246 e. The van der Waals surface area contributed by atoms with Gasteiger partial charge in [-0.25, -0.2) is 8.78 Å². The molecule has 7 atom stereocenters. The third-order valence-corrected chi connectivity index (χ3v) is 10.4. The van der Waals surface area contributed by atoms with E-state index in [1.54, 1.807) is 0 Å². The monoisotopic (exact) mass is 616 g/mol. The highest BCUT2D eigenvalue weighted by atomic mass is 79.9. The first-order chi connectivity index (χ1) is 17.0. The Balaban J connectivity index is 1.25. The summed E-state index contributed by atoms with van der Waals surface area (Å²) in [5.41, 5.74) is -1.79. The van der Waals surface area contributed by atoms with Gasteiger partial charge in [0.1, 0.15) is 25.6 Å². The van der Waals surface area contributed by atoms with Crippen LogP contribution in [0.2, 0.25) is 0 Å². The van der Waals surface area contributed by atoms with Crippen LogP contribution in [0.25, 0.3) is 0 Å². The van der Waals surface area contributed by atoms with E-state index in [2.05, 4.69) is 26.6 Å². The van der Waals surface area contributed by atoms with Crippen molar-refractivity contribution in [3.63, 3.8) is 0 Å². The van der Waals surface area contributed by atoms with Gasteiger partial charge in [-0.15, -0.1) is 23.2 Å². The Morgan fingerprint density at radius 2 is 1.33 bits per heavy atom. The van der Waals surface area contributed by atoms with Crippen LogP contribution < -0.4 is 10.6 Å². The lowest BCUT2D eigenvalue weighted by molar-refractivity contribution is -0.144. The second kappa shape index (κ2) is 11.7. The van der Waals surface area contributed by atoms with Crippen LogP contribution in [0.15, 0.2) is 0 Å². The van der Waals surface area contributed by atoms with Gasteiger partial charge in [0.25, 0.3) is 0 Å². The number of ether oxygens (including phenoxy) is 2. The Morgan fingerprint density at radius 1 is 0.861 bits per heavy atom. The van der Waals surface area contributed by atoms with Crippen molar-refractivity contribution in [2.24, 2.45) is 0 Å². The van der Waals surface area contributed by atoms with Crippen molar-refractivity contribution in [2.45, 2.75) is 115 Å². The molecule has 5 saturated carbocycles. The van der Waals surface area contributed by atoms with Crippen LogP contribution in [0.1, 0.15) is 64.2 Å². The van der Waals surface area contributed by atoms with E-state index >= 15 is 0 Å². The van der Waals surface area contributed by atoms with E-state index in [-0.39, 0.29) is 50.0 Å². The smallest absolute Gasteiger partial charge is 0.246 e. The number of ketones is 1. The van der Waals surface area contributed by atoms with Gasteiger partial charge in [0.15, 0.2) is 5.78 Å². The van der Waals surface area contributed by atoms with E-state index in [9.17, 15) is 23.2 Å². The zero-order valence-electron chi connectivity index (χ0n) is 20.0. The summed E-state index contributed by atoms with van der Waals surface area (Å²) in [7, 11) is 0. The van der Waals surface area contributed by atoms with E-state index < -0.39 is 44.9 Å². The van der Waals surface area contributed by atoms with Crippen LogP contribution in [0.4, 0.5) is 8.78 Å². The summed E-state index contributed by atoms with van der Waals surface area (Å²) >= 11 is 15.3. The molecule has 0 aromatic heterocycles. The maximum absolute atomic E-state index is 13.8. The van der Waals surface area contributed by atoms with E-state index in [0.29, 0.717) is 51.4 Å². The number of alkyl halides is 5. The first-order valence-electron chi connectivity index (χ1n) is 12.6. The number of carbonyl (C=O) groups excluding carboxylic acids is 3. The number of fused-ring (bicyclic) bond motifs is 3. The molecule has 0 saturated heterocycles. The normalized spacial score (nSPS) is 42.7. The minimum absolute atomic E-state index is 0.156. The molecule has 5 fully saturated rings. The molecule has 0 radical (unpaired) electrons. The molecule has 0 aromatic carbocycles. The number of carbonyl (C=O) groups is 3. The molecule has 7 nitrogen and oxygen atoms in total. The van der Waals surface area contributed by atoms with Crippen LogP contribution in [0, 0.1) is 0 Å². The molecule has 0 spiro atoms. The number of Topliss-reactive ketones (excluding diaryl/α,β-unsaturated/α-hetero) is 1. The Labute approximate surface area is 228 Å². The molecule has 2 amide bonds. The second-order valence-electron chi connectivity index (χ2n) is 10.6. The predicted octanol–water partition coefficient (Wildman–Crippen LogP) is 3.65. The Morgan fingerprint density at radius 3 is 1.81 bits per heavy atom. The lowest BCUT2D eigenvalue weighted by Gasteiger charge is -2.55. The van der Waals surface area contributed by atoms with Gasteiger partial charge in [0.05, 0.1) is 38.9 Å². The molecule has 36 heavy (non-hydrogen) atoms. The standard InChI is InChI=1S/C24H33BrCl2F2N2O5/c25-21-22(34)24(31-20(33)12-36-14-2-4-16(27)18(29)10-14)7-5-23(21,6-8-24)30-19(32)11-35-13-1-3-15(26)17(28)9-13/h13-18,21H,1-12H2,(H,30,32)(H,31,33). The summed E-state index contributed by atoms with van der Waals surface area (Å²) in [4.78, 5) is 37.9. The number of hydrogen-bond donors (Lipinski definition) is 2. The van der Waals surface area contributed by atoms with Gasteiger partial charge in [0.2, 0.25) is 11.8 Å². The molecular weight excluding hydrogens is 585 g/mol. The fourth-order valence-corrected chi connectivity index (χ4v) is 7.35. The van der Waals surface area contributed by atoms with E-state index in [4.69, 9.17) is 32.7 Å². The minimum atomic E-state index is -1.16. The third-order valence-electron chi connectivity index (χ3n) is 8.14. The molecular formula is C24H33BrCl2F2N2O5. The van der Waals surface area contributed by atoms with Crippen LogP contribution in [-0.4, -0.2) is 82.0 Å². The summed E-state index contributed by atoms with van der Waals surface area (Å²) in [6.07, 6.45) is 1.22. The zero-order valence-corrected chi connectivity index (χ0v) is 23.1. The molecule has 2 N–H and O–H groups in total. The minimum Gasteiger partial charge on any atom is -0.368 e. The molecule has 204 valence electrons. The highest BCUT2D eigenvalue weighted by Crippen LogP contribution is 2.47. The lowest BCUT2D eigenvalue weighted by Crippen LogP contribution is -2.74. The van der Waals surface area contributed by atoms with E-state index in [1.165, 1.54) is 0 Å². The second-order valence-corrected chi connectivity index (χ2v) is 12.7. The number of halogens is 5. The lowest BCUT2D eigenvalue weighted by atomic mass is 9.60. The Hall–Kier alpha value is -0.550. The topological polar surface area (TPSA) is 93.7 Å². The molecule has 0 aromatic rings. The molecule has 5 rings (SSSR count). The third kappa shape index (κ3) is 6.19. The van der Waals surface area contributed by atoms with Crippen molar-refractivity contribution < 1.29 is 32.6 Å².